The molecule has 0 saturated carbocycles. The van der Waals surface area contributed by atoms with Crippen molar-refractivity contribution in [2.24, 2.45) is 0 Å². The van der Waals surface area contributed by atoms with Gasteiger partial charge in [-0.05, 0) is 58.1 Å². The summed E-state index contributed by atoms with van der Waals surface area (Å²) in [5, 5.41) is 26.4. The Bertz CT molecular complexity index is 976. The van der Waals surface area contributed by atoms with Crippen LogP contribution in [0, 0.1) is 5.41 Å². The van der Waals surface area contributed by atoms with Crippen LogP contribution in [0.15, 0.2) is 42.5 Å². The Morgan fingerprint density at radius 2 is 1.66 bits per heavy atom. The van der Waals surface area contributed by atoms with Crippen molar-refractivity contribution < 1.29 is 19.7 Å². The van der Waals surface area contributed by atoms with Crippen LogP contribution in [0.5, 0.6) is 5.75 Å². The van der Waals surface area contributed by atoms with Gasteiger partial charge in [-0.3, -0.25) is 4.79 Å². The Kier molecular flexibility index (Phi) is 7.09. The molecule has 0 saturated heterocycles. The number of ether oxygens (including phenoxy) is 1. The van der Waals surface area contributed by atoms with Gasteiger partial charge in [0, 0.05) is 24.7 Å². The third-order valence-corrected chi connectivity index (χ3v) is 6.79. The molecular weight excluding hydrogens is 402 g/mol. The molecule has 32 heavy (non-hydrogen) atoms. The summed E-state index contributed by atoms with van der Waals surface area (Å²) in [6.45, 7) is 9.55. The predicted octanol–water partition coefficient (Wildman–Crippen LogP) is 5.58. The minimum Gasteiger partial charge on any atom is -0.489 e. The van der Waals surface area contributed by atoms with Crippen LogP contribution < -0.4 is 4.74 Å². The molecule has 0 radical (unpaired) electrons. The Hall–Kier alpha value is -2.66. The van der Waals surface area contributed by atoms with Crippen molar-refractivity contribution in [3.63, 3.8) is 0 Å². The van der Waals surface area contributed by atoms with Crippen molar-refractivity contribution in [1.29, 1.82) is 5.41 Å². The fourth-order valence-electron chi connectivity index (χ4n) is 4.60. The van der Waals surface area contributed by atoms with E-state index >= 15 is 0 Å². The van der Waals surface area contributed by atoms with E-state index in [2.05, 4.69) is 45.9 Å². The molecule has 5 nitrogen and oxygen atoms in total. The summed E-state index contributed by atoms with van der Waals surface area (Å²) in [6.07, 6.45) is 2.36. The molecular formula is C27H35NO4. The Morgan fingerprint density at radius 1 is 1.03 bits per heavy atom. The SMILES string of the molecule is CC1(C)CCC(C)(C)c2cc(COc3ccc([C@H](CC(=O)O)C(=N)CCO)cc3)ccc21. The smallest absolute Gasteiger partial charge is 0.304 e. The number of aliphatic carboxylic acids is 1. The lowest BCUT2D eigenvalue weighted by atomic mass is 9.63. The summed E-state index contributed by atoms with van der Waals surface area (Å²) < 4.78 is 6.02. The molecule has 3 N–H and O–H groups in total. The van der Waals surface area contributed by atoms with Gasteiger partial charge in [0.1, 0.15) is 12.4 Å². The van der Waals surface area contributed by atoms with Gasteiger partial charge in [0.2, 0.25) is 0 Å². The van der Waals surface area contributed by atoms with Crippen molar-refractivity contribution >= 4 is 11.7 Å². The number of benzene rings is 2. The van der Waals surface area contributed by atoms with E-state index in [1.807, 2.05) is 24.3 Å². The third-order valence-electron chi connectivity index (χ3n) is 6.79. The van der Waals surface area contributed by atoms with Gasteiger partial charge >= 0.3 is 5.97 Å². The van der Waals surface area contributed by atoms with Crippen LogP contribution in [0.25, 0.3) is 0 Å². The molecule has 0 aliphatic heterocycles. The van der Waals surface area contributed by atoms with Crippen molar-refractivity contribution in [2.75, 3.05) is 6.61 Å². The zero-order valence-corrected chi connectivity index (χ0v) is 19.6. The Balaban J connectivity index is 1.73. The number of hydrogen-bond acceptors (Lipinski definition) is 4. The van der Waals surface area contributed by atoms with Crippen LogP contribution in [0.2, 0.25) is 0 Å². The second-order valence-electron chi connectivity index (χ2n) is 10.2. The number of aliphatic hydroxyl groups is 1. The van der Waals surface area contributed by atoms with Gasteiger partial charge in [0.25, 0.3) is 0 Å². The normalized spacial score (nSPS) is 17.3. The summed E-state index contributed by atoms with van der Waals surface area (Å²) in [5.74, 6) is -0.801. The van der Waals surface area contributed by atoms with E-state index in [-0.39, 0.29) is 36.0 Å². The first-order chi connectivity index (χ1) is 15.0. The molecule has 3 rings (SSSR count). The number of rotatable bonds is 9. The summed E-state index contributed by atoms with van der Waals surface area (Å²) in [7, 11) is 0. The van der Waals surface area contributed by atoms with E-state index in [0.29, 0.717) is 12.4 Å². The molecule has 2 aromatic rings. The molecule has 1 aliphatic carbocycles. The molecule has 0 aromatic heterocycles. The zero-order valence-electron chi connectivity index (χ0n) is 19.6. The summed E-state index contributed by atoms with van der Waals surface area (Å²) in [4.78, 5) is 11.2. The number of carbonyl (C=O) groups is 1. The predicted molar refractivity (Wildman–Crippen MR) is 127 cm³/mol. The second kappa shape index (κ2) is 9.45. The average molecular weight is 438 g/mol. The van der Waals surface area contributed by atoms with Crippen LogP contribution in [-0.4, -0.2) is 28.5 Å². The van der Waals surface area contributed by atoms with Gasteiger partial charge in [-0.2, -0.15) is 0 Å². The number of aliphatic hydroxyl groups excluding tert-OH is 1. The summed E-state index contributed by atoms with van der Waals surface area (Å²) in [6, 6.07) is 13.9. The first-order valence-corrected chi connectivity index (χ1v) is 11.3. The van der Waals surface area contributed by atoms with E-state index in [4.69, 9.17) is 15.3 Å². The number of carboxylic acids is 1. The molecule has 0 fully saturated rings. The first kappa shape index (κ1) is 24.0. The monoisotopic (exact) mass is 437 g/mol. The van der Waals surface area contributed by atoms with Crippen molar-refractivity contribution in [3.05, 3.63) is 64.7 Å². The van der Waals surface area contributed by atoms with Crippen LogP contribution in [0.4, 0.5) is 0 Å². The van der Waals surface area contributed by atoms with Crippen LogP contribution in [-0.2, 0) is 22.2 Å². The van der Waals surface area contributed by atoms with Gasteiger partial charge in [0.15, 0.2) is 0 Å². The molecule has 5 heteroatoms. The highest BCUT2D eigenvalue weighted by Crippen LogP contribution is 2.45. The van der Waals surface area contributed by atoms with Gasteiger partial charge < -0.3 is 20.4 Å². The first-order valence-electron chi connectivity index (χ1n) is 11.3. The highest BCUT2D eigenvalue weighted by molar-refractivity contribution is 5.91. The second-order valence-corrected chi connectivity index (χ2v) is 10.2. The fraction of sp³-hybridized carbons (Fsp3) is 0.481. The lowest BCUT2D eigenvalue weighted by Crippen LogP contribution is -2.33. The number of hydrogen-bond donors (Lipinski definition) is 3. The minimum absolute atomic E-state index is 0.153. The Labute approximate surface area is 191 Å². The Morgan fingerprint density at radius 3 is 2.25 bits per heavy atom. The van der Waals surface area contributed by atoms with Gasteiger partial charge in [-0.25, -0.2) is 0 Å². The molecule has 1 atom stereocenters. The van der Waals surface area contributed by atoms with Gasteiger partial charge in [0.05, 0.1) is 6.42 Å². The lowest BCUT2D eigenvalue weighted by molar-refractivity contribution is -0.137. The fourth-order valence-corrected chi connectivity index (χ4v) is 4.60. The molecule has 172 valence electrons. The minimum atomic E-state index is -0.962. The summed E-state index contributed by atoms with van der Waals surface area (Å²) in [5.41, 5.74) is 5.28. The maximum atomic E-state index is 11.2. The third kappa shape index (κ3) is 5.39. The van der Waals surface area contributed by atoms with Crippen molar-refractivity contribution in [3.8, 4) is 5.75 Å². The van der Waals surface area contributed by atoms with E-state index in [0.717, 1.165) is 11.1 Å². The van der Waals surface area contributed by atoms with Crippen LogP contribution in [0.1, 0.15) is 81.5 Å². The van der Waals surface area contributed by atoms with Crippen molar-refractivity contribution in [2.45, 2.75) is 76.7 Å². The van der Waals surface area contributed by atoms with Gasteiger partial charge in [-0.15, -0.1) is 0 Å². The summed E-state index contributed by atoms with van der Waals surface area (Å²) >= 11 is 0. The standard InChI is InChI=1S/C27H35NO4/c1-26(2)12-13-27(3,4)23-15-18(5-10-22(23)26)17-32-20-8-6-19(7-9-20)21(16-25(30)31)24(28)11-14-29/h5-10,15,21,28-29H,11-14,16-17H2,1-4H3,(H,30,31)/t21-/m0/s1. The van der Waals surface area contributed by atoms with E-state index in [1.165, 1.54) is 24.0 Å². The average Bonchev–Trinajstić information content (AvgIpc) is 2.74. The highest BCUT2D eigenvalue weighted by atomic mass is 16.5. The maximum Gasteiger partial charge on any atom is 0.304 e. The van der Waals surface area contributed by atoms with Gasteiger partial charge in [-0.1, -0.05) is 58.0 Å². The molecule has 0 unspecified atom stereocenters. The van der Waals surface area contributed by atoms with E-state index < -0.39 is 11.9 Å². The molecule has 0 spiro atoms. The maximum absolute atomic E-state index is 11.2. The van der Waals surface area contributed by atoms with E-state index in [9.17, 15) is 9.90 Å². The molecule has 0 amide bonds. The molecule has 0 heterocycles. The van der Waals surface area contributed by atoms with E-state index in [1.54, 1.807) is 0 Å². The van der Waals surface area contributed by atoms with Crippen LogP contribution in [0.3, 0.4) is 0 Å². The molecule has 1 aliphatic rings. The highest BCUT2D eigenvalue weighted by Gasteiger charge is 2.36. The number of nitrogens with one attached hydrogen (secondary N) is 1. The topological polar surface area (TPSA) is 90.6 Å². The quantitative estimate of drug-likeness (QED) is 0.447. The number of carboxylic acid groups (broad SMARTS) is 1. The van der Waals surface area contributed by atoms with Crippen LogP contribution >= 0.6 is 0 Å². The number of fused-ring (bicyclic) bond motifs is 1. The lowest BCUT2D eigenvalue weighted by Gasteiger charge is -2.42. The van der Waals surface area contributed by atoms with Crippen molar-refractivity contribution in [1.82, 2.24) is 0 Å². The zero-order chi connectivity index (χ0) is 23.5. The largest absolute Gasteiger partial charge is 0.489 e. The molecule has 2 aromatic carbocycles. The molecule has 0 bridgehead atoms.